The topological polar surface area (TPSA) is 81.4 Å². The van der Waals surface area contributed by atoms with Crippen LogP contribution in [-0.4, -0.2) is 37.9 Å². The van der Waals surface area contributed by atoms with E-state index >= 15 is 0 Å². The Bertz CT molecular complexity index is 339. The fourth-order valence-corrected chi connectivity index (χ4v) is 3.06. The zero-order chi connectivity index (χ0) is 13.0. The molecule has 0 heterocycles. The van der Waals surface area contributed by atoms with Gasteiger partial charge in [-0.05, 0) is 20.3 Å². The maximum atomic E-state index is 11.8. The van der Waals surface area contributed by atoms with E-state index in [1.807, 2.05) is 0 Å². The van der Waals surface area contributed by atoms with E-state index in [0.29, 0.717) is 6.42 Å². The summed E-state index contributed by atoms with van der Waals surface area (Å²) in [5, 5.41) is -0.824. The van der Waals surface area contributed by atoms with Gasteiger partial charge in [-0.2, -0.15) is 0 Å². The van der Waals surface area contributed by atoms with Crippen LogP contribution in [0.25, 0.3) is 0 Å². The largest absolute Gasteiger partial charge is 0.392 e. The molecule has 0 spiro atoms. The summed E-state index contributed by atoms with van der Waals surface area (Å²) in [5.41, 5.74) is 4.83. The van der Waals surface area contributed by atoms with E-state index in [2.05, 4.69) is 4.72 Å². The average molecular weight is 268 g/mol. The van der Waals surface area contributed by atoms with Gasteiger partial charge in [-0.25, -0.2) is 13.1 Å². The average Bonchev–Trinajstić information content (AvgIpc) is 2.15. The van der Waals surface area contributed by atoms with Crippen LogP contribution in [0.4, 0.5) is 0 Å². The number of methoxy groups -OCH3 is 1. The Balaban J connectivity index is 4.64. The number of hydrogen-bond acceptors (Lipinski definition) is 4. The van der Waals surface area contributed by atoms with E-state index in [9.17, 15) is 8.42 Å². The molecule has 0 rings (SSSR count). The predicted octanol–water partition coefficient (Wildman–Crippen LogP) is 0.396. The zero-order valence-corrected chi connectivity index (χ0v) is 11.7. The summed E-state index contributed by atoms with van der Waals surface area (Å²) in [6.07, 6.45) is 0.359. The molecule has 0 saturated carbocycles. The number of nitrogens with one attached hydrogen (secondary N) is 1. The van der Waals surface area contributed by atoms with Crippen molar-refractivity contribution in [3.8, 4) is 0 Å². The molecule has 0 aromatic heterocycles. The third-order valence-corrected chi connectivity index (χ3v) is 4.63. The Morgan fingerprint density at radius 3 is 2.38 bits per heavy atom. The SMILES string of the molecule is CCC(C(N)=S)S(=O)(=O)NCC(C)(C)OC. The van der Waals surface area contributed by atoms with Crippen molar-refractivity contribution in [3.05, 3.63) is 0 Å². The van der Waals surface area contributed by atoms with Crippen LogP contribution >= 0.6 is 12.2 Å². The van der Waals surface area contributed by atoms with Crippen LogP contribution in [0.1, 0.15) is 27.2 Å². The lowest BCUT2D eigenvalue weighted by molar-refractivity contribution is 0.0276. The van der Waals surface area contributed by atoms with Crippen LogP contribution < -0.4 is 10.5 Å². The molecule has 0 aliphatic rings. The second-order valence-corrected chi connectivity index (χ2v) is 6.55. The van der Waals surface area contributed by atoms with E-state index in [0.717, 1.165) is 0 Å². The smallest absolute Gasteiger partial charge is 0.221 e. The quantitative estimate of drug-likeness (QED) is 0.653. The highest BCUT2D eigenvalue weighted by Crippen LogP contribution is 2.09. The van der Waals surface area contributed by atoms with Gasteiger partial charge < -0.3 is 10.5 Å². The van der Waals surface area contributed by atoms with E-state index in [1.165, 1.54) is 7.11 Å². The first kappa shape index (κ1) is 15.8. The molecule has 1 atom stereocenters. The molecule has 0 bridgehead atoms. The monoisotopic (exact) mass is 268 g/mol. The molecule has 0 saturated heterocycles. The maximum Gasteiger partial charge on any atom is 0.221 e. The summed E-state index contributed by atoms with van der Waals surface area (Å²) in [5.74, 6) is 0. The molecule has 0 amide bonds. The van der Waals surface area contributed by atoms with Gasteiger partial charge in [0.2, 0.25) is 10.0 Å². The van der Waals surface area contributed by atoms with Gasteiger partial charge in [0.1, 0.15) is 5.25 Å². The van der Waals surface area contributed by atoms with Crippen LogP contribution in [0.15, 0.2) is 0 Å². The Morgan fingerprint density at radius 1 is 1.56 bits per heavy atom. The van der Waals surface area contributed by atoms with Crippen LogP contribution in [0.5, 0.6) is 0 Å². The number of sulfonamides is 1. The lowest BCUT2D eigenvalue weighted by Crippen LogP contribution is -2.46. The van der Waals surface area contributed by atoms with Crippen LogP contribution in [0.2, 0.25) is 0 Å². The molecule has 0 aliphatic heterocycles. The Labute approximate surface area is 103 Å². The maximum absolute atomic E-state index is 11.8. The van der Waals surface area contributed by atoms with Crippen molar-refractivity contribution in [2.75, 3.05) is 13.7 Å². The van der Waals surface area contributed by atoms with Crippen molar-refractivity contribution in [3.63, 3.8) is 0 Å². The Hall–Kier alpha value is -0.240. The minimum Gasteiger partial charge on any atom is -0.392 e. The highest BCUT2D eigenvalue weighted by Gasteiger charge is 2.28. The first-order chi connectivity index (χ1) is 7.16. The predicted molar refractivity (Wildman–Crippen MR) is 68.9 cm³/mol. The second-order valence-electron chi connectivity index (χ2n) is 4.13. The van der Waals surface area contributed by atoms with Gasteiger partial charge in [0.25, 0.3) is 0 Å². The first-order valence-electron chi connectivity index (χ1n) is 4.99. The number of rotatable bonds is 7. The molecule has 16 heavy (non-hydrogen) atoms. The highest BCUT2D eigenvalue weighted by atomic mass is 32.2. The number of nitrogens with two attached hydrogens (primary N) is 1. The van der Waals surface area contributed by atoms with Crippen LogP contribution in [0.3, 0.4) is 0 Å². The lowest BCUT2D eigenvalue weighted by Gasteiger charge is -2.24. The Kier molecular flexibility index (Phi) is 5.81. The molecule has 0 aromatic rings. The summed E-state index contributed by atoms with van der Waals surface area (Å²) in [4.78, 5) is -0.00905. The van der Waals surface area contributed by atoms with Gasteiger partial charge in [0.05, 0.1) is 10.6 Å². The van der Waals surface area contributed by atoms with Crippen molar-refractivity contribution in [1.29, 1.82) is 0 Å². The lowest BCUT2D eigenvalue weighted by atomic mass is 10.1. The minimum absolute atomic E-state index is 0.00905. The summed E-state index contributed by atoms with van der Waals surface area (Å²) in [6.45, 7) is 5.49. The molecular formula is C9H20N2O3S2. The van der Waals surface area contributed by atoms with Crippen molar-refractivity contribution in [1.82, 2.24) is 4.72 Å². The zero-order valence-electron chi connectivity index (χ0n) is 10.1. The van der Waals surface area contributed by atoms with Crippen molar-refractivity contribution >= 4 is 27.2 Å². The van der Waals surface area contributed by atoms with Gasteiger partial charge in [-0.1, -0.05) is 19.1 Å². The normalized spacial score (nSPS) is 14.8. The first-order valence-corrected chi connectivity index (χ1v) is 6.94. The summed E-state index contributed by atoms with van der Waals surface area (Å²) in [7, 11) is -1.98. The molecule has 0 aromatic carbocycles. The van der Waals surface area contributed by atoms with Gasteiger partial charge >= 0.3 is 0 Å². The molecule has 7 heteroatoms. The standard InChI is InChI=1S/C9H20N2O3S2/c1-5-7(8(10)15)16(12,13)11-6-9(2,3)14-4/h7,11H,5-6H2,1-4H3,(H2,10,15). The van der Waals surface area contributed by atoms with Gasteiger partial charge in [0, 0.05) is 13.7 Å². The number of thiocarbonyl (C=S) groups is 1. The molecule has 96 valence electrons. The Morgan fingerprint density at radius 2 is 2.06 bits per heavy atom. The van der Waals surface area contributed by atoms with Gasteiger partial charge in [0.15, 0.2) is 0 Å². The van der Waals surface area contributed by atoms with E-state index in [1.54, 1.807) is 20.8 Å². The molecule has 0 aliphatic carbocycles. The minimum atomic E-state index is -3.51. The molecule has 5 nitrogen and oxygen atoms in total. The van der Waals surface area contributed by atoms with E-state index in [4.69, 9.17) is 22.7 Å². The highest BCUT2D eigenvalue weighted by molar-refractivity contribution is 7.93. The third-order valence-electron chi connectivity index (χ3n) is 2.31. The second kappa shape index (κ2) is 5.90. The summed E-state index contributed by atoms with van der Waals surface area (Å²) in [6, 6.07) is 0. The van der Waals surface area contributed by atoms with E-state index < -0.39 is 20.9 Å². The molecule has 0 radical (unpaired) electrons. The van der Waals surface area contributed by atoms with Gasteiger partial charge in [-0.15, -0.1) is 0 Å². The van der Waals surface area contributed by atoms with Crippen molar-refractivity contribution in [2.24, 2.45) is 5.73 Å². The van der Waals surface area contributed by atoms with Crippen LogP contribution in [-0.2, 0) is 14.8 Å². The van der Waals surface area contributed by atoms with Crippen molar-refractivity contribution in [2.45, 2.75) is 38.0 Å². The van der Waals surface area contributed by atoms with Crippen LogP contribution in [0, 0.1) is 0 Å². The summed E-state index contributed by atoms with van der Waals surface area (Å²) < 4.78 is 31.2. The van der Waals surface area contributed by atoms with E-state index in [-0.39, 0.29) is 11.5 Å². The third kappa shape index (κ3) is 4.73. The fraction of sp³-hybridized carbons (Fsp3) is 0.889. The summed E-state index contributed by atoms with van der Waals surface area (Å²) >= 11 is 4.73. The number of hydrogen-bond donors (Lipinski definition) is 2. The molecule has 3 N–H and O–H groups in total. The molecular weight excluding hydrogens is 248 g/mol. The fourth-order valence-electron chi connectivity index (χ4n) is 1.02. The molecule has 1 unspecified atom stereocenters. The van der Waals surface area contributed by atoms with Crippen molar-refractivity contribution < 1.29 is 13.2 Å². The molecule has 0 fully saturated rings. The van der Waals surface area contributed by atoms with Gasteiger partial charge in [-0.3, -0.25) is 0 Å². The number of ether oxygens (including phenoxy) is 1.